The molecule has 1 aromatic carbocycles. The van der Waals surface area contributed by atoms with Crippen molar-refractivity contribution in [3.63, 3.8) is 0 Å². The van der Waals surface area contributed by atoms with E-state index in [1.54, 1.807) is 0 Å². The van der Waals surface area contributed by atoms with Gasteiger partial charge in [-0.25, -0.2) is 0 Å². The summed E-state index contributed by atoms with van der Waals surface area (Å²) < 4.78 is 0. The first-order valence-electron chi connectivity index (χ1n) is 4.51. The van der Waals surface area contributed by atoms with Crippen molar-refractivity contribution >= 4 is 0 Å². The summed E-state index contributed by atoms with van der Waals surface area (Å²) in [4.78, 5) is 2.16. The zero-order valence-electron chi connectivity index (χ0n) is 8.49. The van der Waals surface area contributed by atoms with Crippen LogP contribution in [0.3, 0.4) is 0 Å². The Morgan fingerprint density at radius 3 is 2.15 bits per heavy atom. The van der Waals surface area contributed by atoms with E-state index in [0.29, 0.717) is 6.04 Å². The Morgan fingerprint density at radius 2 is 1.77 bits per heavy atom. The number of benzene rings is 1. The van der Waals surface area contributed by atoms with Crippen molar-refractivity contribution in [3.05, 3.63) is 35.4 Å². The van der Waals surface area contributed by atoms with Gasteiger partial charge in [-0.15, -0.1) is 0 Å². The lowest BCUT2D eigenvalue weighted by Crippen LogP contribution is -2.16. The van der Waals surface area contributed by atoms with Crippen molar-refractivity contribution in [1.82, 2.24) is 4.90 Å². The smallest absolute Gasteiger partial charge is 0.0681 e. The average Bonchev–Trinajstić information content (AvgIpc) is 2.17. The highest BCUT2D eigenvalue weighted by Crippen LogP contribution is 2.17. The largest absolute Gasteiger partial charge is 0.392 e. The molecule has 0 fully saturated rings. The summed E-state index contributed by atoms with van der Waals surface area (Å²) in [6.07, 6.45) is 0. The van der Waals surface area contributed by atoms with Gasteiger partial charge in [0.25, 0.3) is 0 Å². The molecule has 0 radical (unpaired) electrons. The minimum absolute atomic E-state index is 0.122. The fourth-order valence-electron chi connectivity index (χ4n) is 1.20. The standard InChI is InChI=1S/C11H17NO/c1-9(12(2)3)11-6-4-10(8-13)5-7-11/h4-7,9,13H,8H2,1-3H3. The molecule has 0 saturated heterocycles. The van der Waals surface area contributed by atoms with Crippen molar-refractivity contribution in [3.8, 4) is 0 Å². The molecule has 1 aromatic rings. The molecule has 0 heterocycles. The Bertz CT molecular complexity index is 253. The van der Waals surface area contributed by atoms with Gasteiger partial charge in [0.2, 0.25) is 0 Å². The number of hydrogen-bond donors (Lipinski definition) is 1. The molecule has 0 aliphatic rings. The molecular weight excluding hydrogens is 162 g/mol. The highest BCUT2D eigenvalue weighted by Gasteiger charge is 2.06. The van der Waals surface area contributed by atoms with Crippen molar-refractivity contribution < 1.29 is 5.11 Å². The summed E-state index contributed by atoms with van der Waals surface area (Å²) >= 11 is 0. The zero-order chi connectivity index (χ0) is 9.84. The maximum Gasteiger partial charge on any atom is 0.0681 e. The number of hydrogen-bond acceptors (Lipinski definition) is 2. The van der Waals surface area contributed by atoms with Crippen LogP contribution in [-0.4, -0.2) is 24.1 Å². The van der Waals surface area contributed by atoms with E-state index >= 15 is 0 Å². The lowest BCUT2D eigenvalue weighted by atomic mass is 10.1. The van der Waals surface area contributed by atoms with Crippen LogP contribution in [0.5, 0.6) is 0 Å². The van der Waals surface area contributed by atoms with Gasteiger partial charge in [-0.3, -0.25) is 0 Å². The molecule has 0 aromatic heterocycles. The molecule has 0 bridgehead atoms. The average molecular weight is 179 g/mol. The Balaban J connectivity index is 2.79. The molecule has 0 spiro atoms. The molecule has 0 amide bonds. The van der Waals surface area contributed by atoms with Crippen LogP contribution in [0, 0.1) is 0 Å². The number of aliphatic hydroxyl groups excluding tert-OH is 1. The van der Waals surface area contributed by atoms with Crippen molar-refractivity contribution in [2.45, 2.75) is 19.6 Å². The van der Waals surface area contributed by atoms with Crippen LogP contribution in [0.2, 0.25) is 0 Å². The Morgan fingerprint density at radius 1 is 1.23 bits per heavy atom. The maximum absolute atomic E-state index is 8.87. The third-order valence-electron chi connectivity index (χ3n) is 2.42. The summed E-state index contributed by atoms with van der Waals surface area (Å²) in [5.41, 5.74) is 2.25. The van der Waals surface area contributed by atoms with Gasteiger partial charge in [0.15, 0.2) is 0 Å². The Labute approximate surface area is 79.8 Å². The quantitative estimate of drug-likeness (QED) is 0.764. The second-order valence-electron chi connectivity index (χ2n) is 3.54. The van der Waals surface area contributed by atoms with Gasteiger partial charge in [-0.1, -0.05) is 24.3 Å². The summed E-state index contributed by atoms with van der Waals surface area (Å²) in [7, 11) is 4.12. The third-order valence-corrected chi connectivity index (χ3v) is 2.42. The van der Waals surface area contributed by atoms with Gasteiger partial charge in [-0.05, 0) is 32.1 Å². The van der Waals surface area contributed by atoms with E-state index in [2.05, 4.69) is 38.1 Å². The predicted octanol–water partition coefficient (Wildman–Crippen LogP) is 1.80. The topological polar surface area (TPSA) is 23.5 Å². The van der Waals surface area contributed by atoms with Gasteiger partial charge >= 0.3 is 0 Å². The molecule has 1 N–H and O–H groups in total. The zero-order valence-corrected chi connectivity index (χ0v) is 8.49. The Hall–Kier alpha value is -0.860. The molecule has 72 valence electrons. The lowest BCUT2D eigenvalue weighted by molar-refractivity contribution is 0.281. The second kappa shape index (κ2) is 4.40. The summed E-state index contributed by atoms with van der Waals surface area (Å²) in [5.74, 6) is 0. The van der Waals surface area contributed by atoms with E-state index < -0.39 is 0 Å². The fourth-order valence-corrected chi connectivity index (χ4v) is 1.20. The van der Waals surface area contributed by atoms with Gasteiger partial charge < -0.3 is 10.0 Å². The van der Waals surface area contributed by atoms with Crippen molar-refractivity contribution in [2.24, 2.45) is 0 Å². The third kappa shape index (κ3) is 2.54. The molecule has 0 aliphatic carbocycles. The van der Waals surface area contributed by atoms with E-state index in [1.165, 1.54) is 5.56 Å². The number of aliphatic hydroxyl groups is 1. The van der Waals surface area contributed by atoms with Crippen LogP contribution in [-0.2, 0) is 6.61 Å². The van der Waals surface area contributed by atoms with Gasteiger partial charge in [0.05, 0.1) is 6.61 Å². The van der Waals surface area contributed by atoms with Crippen LogP contribution >= 0.6 is 0 Å². The number of nitrogens with zero attached hydrogens (tertiary/aromatic N) is 1. The Kier molecular flexibility index (Phi) is 3.46. The second-order valence-corrected chi connectivity index (χ2v) is 3.54. The first kappa shape index (κ1) is 10.2. The molecular formula is C11H17NO. The van der Waals surface area contributed by atoms with Crippen LogP contribution in [0.15, 0.2) is 24.3 Å². The van der Waals surface area contributed by atoms with Crippen LogP contribution in [0.4, 0.5) is 0 Å². The van der Waals surface area contributed by atoms with Crippen LogP contribution < -0.4 is 0 Å². The van der Waals surface area contributed by atoms with Crippen LogP contribution in [0.25, 0.3) is 0 Å². The molecule has 2 nitrogen and oxygen atoms in total. The number of rotatable bonds is 3. The molecule has 1 rings (SSSR count). The van der Waals surface area contributed by atoms with Gasteiger partial charge in [0.1, 0.15) is 0 Å². The lowest BCUT2D eigenvalue weighted by Gasteiger charge is -2.20. The maximum atomic E-state index is 8.87. The highest BCUT2D eigenvalue weighted by molar-refractivity contribution is 5.24. The highest BCUT2D eigenvalue weighted by atomic mass is 16.3. The molecule has 1 atom stereocenters. The van der Waals surface area contributed by atoms with Crippen molar-refractivity contribution in [2.75, 3.05) is 14.1 Å². The normalized spacial score (nSPS) is 13.3. The van der Waals surface area contributed by atoms with Crippen LogP contribution in [0.1, 0.15) is 24.1 Å². The molecule has 1 unspecified atom stereocenters. The fraction of sp³-hybridized carbons (Fsp3) is 0.455. The first-order chi connectivity index (χ1) is 6.15. The monoisotopic (exact) mass is 179 g/mol. The van der Waals surface area contributed by atoms with E-state index in [0.717, 1.165) is 5.56 Å². The summed E-state index contributed by atoms with van der Waals surface area (Å²) in [6, 6.07) is 8.49. The summed E-state index contributed by atoms with van der Waals surface area (Å²) in [6.45, 7) is 2.28. The minimum Gasteiger partial charge on any atom is -0.392 e. The first-order valence-corrected chi connectivity index (χ1v) is 4.51. The SMILES string of the molecule is CC(c1ccc(CO)cc1)N(C)C. The predicted molar refractivity (Wildman–Crippen MR) is 54.5 cm³/mol. The summed E-state index contributed by atoms with van der Waals surface area (Å²) in [5, 5.41) is 8.87. The minimum atomic E-state index is 0.122. The molecule has 0 saturated carbocycles. The van der Waals surface area contributed by atoms with E-state index in [-0.39, 0.29) is 6.61 Å². The van der Waals surface area contributed by atoms with Crippen molar-refractivity contribution in [1.29, 1.82) is 0 Å². The van der Waals surface area contributed by atoms with E-state index in [1.807, 2.05) is 12.1 Å². The van der Waals surface area contributed by atoms with Gasteiger partial charge in [0, 0.05) is 6.04 Å². The van der Waals surface area contributed by atoms with E-state index in [9.17, 15) is 0 Å². The van der Waals surface area contributed by atoms with Gasteiger partial charge in [-0.2, -0.15) is 0 Å². The molecule has 0 aliphatic heterocycles. The van der Waals surface area contributed by atoms with E-state index in [4.69, 9.17) is 5.11 Å². The molecule has 13 heavy (non-hydrogen) atoms. The molecule has 2 heteroatoms.